The van der Waals surface area contributed by atoms with E-state index in [2.05, 4.69) is 4.98 Å². The van der Waals surface area contributed by atoms with Crippen molar-refractivity contribution in [3.63, 3.8) is 0 Å². The SMILES string of the molecule is COCCOc1cnc2c(-c3ccc4ccc(S(=O)(=O)O)cc4c3)cn([C@H](N)C(=O)O)c(=O)c2c1. The van der Waals surface area contributed by atoms with Gasteiger partial charge < -0.3 is 20.3 Å². The molecule has 2 heterocycles. The van der Waals surface area contributed by atoms with E-state index < -0.39 is 27.8 Å². The molecule has 0 unspecified atom stereocenters. The molecule has 0 spiro atoms. The second-order valence-corrected chi connectivity index (χ2v) is 9.07. The lowest BCUT2D eigenvalue weighted by molar-refractivity contribution is -0.140. The number of rotatable bonds is 8. The molecule has 2 aromatic carbocycles. The predicted octanol–water partition coefficient (Wildman–Crippen LogP) is 2.03. The highest BCUT2D eigenvalue weighted by molar-refractivity contribution is 7.85. The maximum atomic E-state index is 13.1. The number of ether oxygens (including phenoxy) is 2. The van der Waals surface area contributed by atoms with Crippen molar-refractivity contribution in [2.45, 2.75) is 11.1 Å². The van der Waals surface area contributed by atoms with Gasteiger partial charge in [0.05, 0.1) is 28.6 Å². The van der Waals surface area contributed by atoms with Crippen LogP contribution in [0.15, 0.2) is 64.5 Å². The van der Waals surface area contributed by atoms with Gasteiger partial charge in [0, 0.05) is 18.9 Å². The summed E-state index contributed by atoms with van der Waals surface area (Å²) in [6.07, 6.45) is 1.07. The van der Waals surface area contributed by atoms with Crippen LogP contribution in [0, 0.1) is 0 Å². The van der Waals surface area contributed by atoms with E-state index in [1.807, 2.05) is 0 Å². The Morgan fingerprint density at radius 1 is 1.14 bits per heavy atom. The van der Waals surface area contributed by atoms with E-state index in [0.29, 0.717) is 28.5 Å². The van der Waals surface area contributed by atoms with Crippen LogP contribution in [0.2, 0.25) is 0 Å². The van der Waals surface area contributed by atoms with Crippen molar-refractivity contribution in [3.8, 4) is 16.9 Å². The largest absolute Gasteiger partial charge is 0.490 e. The summed E-state index contributed by atoms with van der Waals surface area (Å²) in [5.74, 6) is -1.12. The smallest absolute Gasteiger partial charge is 0.341 e. The molecule has 11 nitrogen and oxygen atoms in total. The van der Waals surface area contributed by atoms with Gasteiger partial charge in [0.25, 0.3) is 15.7 Å². The molecule has 4 N–H and O–H groups in total. The monoisotopic (exact) mass is 499 g/mol. The number of nitrogens with zero attached hydrogens (tertiary/aromatic N) is 2. The van der Waals surface area contributed by atoms with Crippen molar-refractivity contribution < 1.29 is 32.3 Å². The first-order valence-electron chi connectivity index (χ1n) is 10.3. The molecule has 0 amide bonds. The van der Waals surface area contributed by atoms with E-state index in [9.17, 15) is 27.7 Å². The minimum Gasteiger partial charge on any atom is -0.490 e. The first-order chi connectivity index (χ1) is 16.6. The Labute approximate surface area is 199 Å². The minimum absolute atomic E-state index is 0.0842. The summed E-state index contributed by atoms with van der Waals surface area (Å²) in [5.41, 5.74) is 6.28. The summed E-state index contributed by atoms with van der Waals surface area (Å²) in [5, 5.41) is 10.7. The Balaban J connectivity index is 1.96. The molecule has 0 bridgehead atoms. The van der Waals surface area contributed by atoms with Crippen molar-refractivity contribution in [2.24, 2.45) is 5.73 Å². The van der Waals surface area contributed by atoms with Gasteiger partial charge in [-0.3, -0.25) is 18.9 Å². The first-order valence-corrected chi connectivity index (χ1v) is 11.7. The Morgan fingerprint density at radius 3 is 2.57 bits per heavy atom. The van der Waals surface area contributed by atoms with Crippen molar-refractivity contribution in [1.82, 2.24) is 9.55 Å². The number of benzene rings is 2. The zero-order valence-electron chi connectivity index (χ0n) is 18.4. The van der Waals surface area contributed by atoms with Crippen molar-refractivity contribution >= 4 is 37.8 Å². The van der Waals surface area contributed by atoms with Crippen LogP contribution in [0.3, 0.4) is 0 Å². The number of carboxylic acids is 1. The molecule has 0 radical (unpaired) electrons. The lowest BCUT2D eigenvalue weighted by Gasteiger charge is -2.16. The number of aliphatic carboxylic acids is 1. The third-order valence-corrected chi connectivity index (χ3v) is 6.23. The predicted molar refractivity (Wildman–Crippen MR) is 127 cm³/mol. The van der Waals surface area contributed by atoms with Crippen LogP contribution in [0.1, 0.15) is 6.17 Å². The summed E-state index contributed by atoms with van der Waals surface area (Å²) in [7, 11) is -2.90. The number of hydrogen-bond donors (Lipinski definition) is 3. The number of pyridine rings is 2. The molecule has 1 atom stereocenters. The van der Waals surface area contributed by atoms with Crippen molar-refractivity contribution in [2.75, 3.05) is 20.3 Å². The van der Waals surface area contributed by atoms with Gasteiger partial charge in [-0.2, -0.15) is 8.42 Å². The quantitative estimate of drug-likeness (QED) is 0.241. The van der Waals surface area contributed by atoms with E-state index in [-0.39, 0.29) is 28.2 Å². The molecule has 2 aromatic heterocycles. The summed E-state index contributed by atoms with van der Waals surface area (Å²) in [6.45, 7) is 0.530. The van der Waals surface area contributed by atoms with Gasteiger partial charge >= 0.3 is 5.97 Å². The van der Waals surface area contributed by atoms with Gasteiger partial charge in [0.1, 0.15) is 12.4 Å². The third-order valence-electron chi connectivity index (χ3n) is 5.38. The fourth-order valence-corrected chi connectivity index (χ4v) is 4.15. The van der Waals surface area contributed by atoms with Gasteiger partial charge in [-0.15, -0.1) is 0 Å². The van der Waals surface area contributed by atoms with Crippen LogP contribution in [0.5, 0.6) is 5.75 Å². The summed E-state index contributed by atoms with van der Waals surface area (Å²) >= 11 is 0. The van der Waals surface area contributed by atoms with Crippen LogP contribution in [-0.2, 0) is 19.6 Å². The first kappa shape index (κ1) is 24.3. The maximum Gasteiger partial charge on any atom is 0.341 e. The highest BCUT2D eigenvalue weighted by Crippen LogP contribution is 2.31. The Morgan fingerprint density at radius 2 is 1.89 bits per heavy atom. The average molecular weight is 500 g/mol. The molecule has 0 saturated carbocycles. The normalized spacial score (nSPS) is 12.7. The van der Waals surface area contributed by atoms with Crippen molar-refractivity contribution in [1.29, 1.82) is 0 Å². The molecule has 0 fully saturated rings. The van der Waals surface area contributed by atoms with Crippen LogP contribution in [0.4, 0.5) is 0 Å². The molecule has 0 saturated heterocycles. The molecule has 35 heavy (non-hydrogen) atoms. The molecule has 0 aliphatic rings. The fraction of sp³-hybridized carbons (Fsp3) is 0.174. The second kappa shape index (κ2) is 9.43. The van der Waals surface area contributed by atoms with Gasteiger partial charge in [-0.25, -0.2) is 4.79 Å². The Kier molecular flexibility index (Phi) is 6.54. The van der Waals surface area contributed by atoms with E-state index >= 15 is 0 Å². The molecular formula is C23H21N3O8S. The zero-order chi connectivity index (χ0) is 25.3. The van der Waals surface area contributed by atoms with E-state index in [4.69, 9.17) is 15.2 Å². The number of carboxylic acid groups (broad SMARTS) is 1. The number of fused-ring (bicyclic) bond motifs is 2. The van der Waals surface area contributed by atoms with Crippen LogP contribution >= 0.6 is 0 Å². The van der Waals surface area contributed by atoms with Crippen LogP contribution in [-0.4, -0.2) is 53.9 Å². The van der Waals surface area contributed by atoms with Gasteiger partial charge in [-0.05, 0) is 40.6 Å². The van der Waals surface area contributed by atoms with E-state index in [0.717, 1.165) is 4.57 Å². The average Bonchev–Trinajstić information content (AvgIpc) is 2.83. The van der Waals surface area contributed by atoms with Crippen LogP contribution in [0.25, 0.3) is 32.8 Å². The lowest BCUT2D eigenvalue weighted by atomic mass is 10.0. The van der Waals surface area contributed by atoms with Gasteiger partial charge in [-0.1, -0.05) is 18.2 Å². The van der Waals surface area contributed by atoms with E-state index in [1.165, 1.54) is 37.7 Å². The maximum absolute atomic E-state index is 13.1. The number of carbonyl (C=O) groups is 1. The number of hydrogen-bond acceptors (Lipinski definition) is 8. The number of nitrogens with two attached hydrogens (primary N) is 1. The second-order valence-electron chi connectivity index (χ2n) is 7.65. The van der Waals surface area contributed by atoms with E-state index in [1.54, 1.807) is 24.3 Å². The summed E-state index contributed by atoms with van der Waals surface area (Å²) in [4.78, 5) is 28.8. The highest BCUT2D eigenvalue weighted by Gasteiger charge is 2.21. The fourth-order valence-electron chi connectivity index (χ4n) is 3.63. The Hall–Kier alpha value is -3.84. The standard InChI is InChI=1S/C23H21N3O8S/c1-33-6-7-34-16-10-18-20(25-11-16)19(12-26(22(18)27)21(24)23(28)29)14-3-2-13-4-5-17(35(30,31)32)9-15(13)8-14/h2-5,8-12,21H,6-7,24H2,1H3,(H,28,29)(H,30,31,32)/t21-/m0/s1. The molecule has 0 aliphatic carbocycles. The lowest BCUT2D eigenvalue weighted by Crippen LogP contribution is -2.35. The van der Waals surface area contributed by atoms with Crippen LogP contribution < -0.4 is 16.0 Å². The minimum atomic E-state index is -4.42. The highest BCUT2D eigenvalue weighted by atomic mass is 32.2. The van der Waals surface area contributed by atoms with Crippen molar-refractivity contribution in [3.05, 3.63) is 65.2 Å². The molecule has 4 rings (SSSR count). The topological polar surface area (TPSA) is 171 Å². The molecule has 12 heteroatoms. The number of aromatic nitrogens is 2. The van der Waals surface area contributed by atoms with Gasteiger partial charge in [0.2, 0.25) is 0 Å². The Bertz CT molecular complexity index is 1610. The third kappa shape index (κ3) is 4.86. The molecule has 182 valence electrons. The number of methoxy groups -OCH3 is 1. The summed E-state index contributed by atoms with van der Waals surface area (Å²) < 4.78 is 43.9. The molecular weight excluding hydrogens is 478 g/mol. The molecule has 0 aliphatic heterocycles. The summed E-state index contributed by atoms with van der Waals surface area (Å²) in [6, 6.07) is 10.7. The van der Waals surface area contributed by atoms with Gasteiger partial charge in [0.15, 0.2) is 6.17 Å². The molecule has 4 aromatic rings. The zero-order valence-corrected chi connectivity index (χ0v) is 19.2.